The maximum absolute atomic E-state index is 6.23. The standard InChI is InChI=1S/C108H110N8/c1-101(2,3)65-33-25-59(26-34-65)89-77-41-45-81(109-77)93(63-49-69(105(13,14)15)53-70(50-63)106(16,17)18)82-46-42-78(110-82)91(61-29-37-67(38-30-61)103(7,8)9)87-57-75-76-58-88-92(62-31-39-68(40-32-62)104(10,11)12)80-44-48-84(112-80)94(64-51-71(107(19,20)21)54-72(52-64)108(22,23)24)83-47-43-79(111-83)90(60-27-35-66(36-28-60)102(4,5)6)86-56-74-73-55-85(89)113-97(73)95(99(75)115-87)96(98(74)114-86)100(76)116-88/h25-58,109,111,115-116H,1-24H3. The van der Waals surface area contributed by atoms with Gasteiger partial charge in [-0.3, -0.25) is 0 Å². The Labute approximate surface area is 683 Å². The molecule has 2 aliphatic rings. The molecule has 16 aromatic rings. The Hall–Kier alpha value is -11.5. The van der Waals surface area contributed by atoms with Crippen molar-refractivity contribution in [2.45, 2.75) is 209 Å². The Bertz CT molecular complexity index is 6510. The van der Waals surface area contributed by atoms with E-state index in [1.165, 1.54) is 44.5 Å². The fourth-order valence-corrected chi connectivity index (χ4v) is 17.7. The highest BCUT2D eigenvalue weighted by Gasteiger charge is 2.31. The third kappa shape index (κ3) is 13.1. The zero-order valence-corrected chi connectivity index (χ0v) is 72.4. The van der Waals surface area contributed by atoms with E-state index in [0.29, 0.717) is 0 Å². The fourth-order valence-electron chi connectivity index (χ4n) is 17.7. The smallest absolute Gasteiger partial charge is 0.0818 e. The first-order valence-corrected chi connectivity index (χ1v) is 41.7. The number of fused-ring (bicyclic) bond motifs is 14. The first-order valence-electron chi connectivity index (χ1n) is 41.7. The summed E-state index contributed by atoms with van der Waals surface area (Å²) in [6.07, 6.45) is 9.00. The zero-order valence-electron chi connectivity index (χ0n) is 72.4. The number of hydrogen-bond acceptors (Lipinski definition) is 4. The molecule has 116 heavy (non-hydrogen) atoms. The van der Waals surface area contributed by atoms with Crippen LogP contribution in [0.1, 0.15) is 233 Å². The van der Waals surface area contributed by atoms with Crippen molar-refractivity contribution in [2.24, 2.45) is 0 Å². The molecule has 0 unspecified atom stereocenters. The van der Waals surface area contributed by atoms with Crippen LogP contribution in [-0.4, -0.2) is 39.9 Å². The molecule has 582 valence electrons. The minimum Gasteiger partial charge on any atom is -0.354 e. The van der Waals surface area contributed by atoms with E-state index in [1.54, 1.807) is 0 Å². The van der Waals surface area contributed by atoms with Crippen LogP contribution >= 0.6 is 0 Å². The van der Waals surface area contributed by atoms with Crippen molar-refractivity contribution in [2.75, 3.05) is 0 Å². The molecule has 8 heteroatoms. The number of aromatic amines is 4. The predicted octanol–water partition coefficient (Wildman–Crippen LogP) is 30.0. The highest BCUT2D eigenvalue weighted by atomic mass is 14.8. The van der Waals surface area contributed by atoms with Gasteiger partial charge in [0.1, 0.15) is 0 Å². The summed E-state index contributed by atoms with van der Waals surface area (Å²) in [7, 11) is 0. The molecule has 0 aliphatic carbocycles. The highest BCUT2D eigenvalue weighted by Crippen LogP contribution is 2.51. The molecule has 8 nitrogen and oxygen atoms in total. The monoisotopic (exact) mass is 1520 g/mol. The highest BCUT2D eigenvalue weighted by molar-refractivity contribution is 6.39. The van der Waals surface area contributed by atoms with Gasteiger partial charge >= 0.3 is 0 Å². The number of aromatic nitrogens is 8. The van der Waals surface area contributed by atoms with Gasteiger partial charge in [-0.25, -0.2) is 19.9 Å². The molecule has 8 aromatic heterocycles. The predicted molar refractivity (Wildman–Crippen MR) is 499 cm³/mol. The van der Waals surface area contributed by atoms with Gasteiger partial charge in [-0.2, -0.15) is 0 Å². The summed E-state index contributed by atoms with van der Waals surface area (Å²) < 4.78 is 0. The summed E-state index contributed by atoms with van der Waals surface area (Å²) in [5, 5.41) is 6.05. The molecular weight excluding hydrogens is 1410 g/mol. The molecule has 10 heterocycles. The van der Waals surface area contributed by atoms with Gasteiger partial charge in [0.15, 0.2) is 0 Å². The molecular formula is C108H110N8. The van der Waals surface area contributed by atoms with Gasteiger partial charge in [-0.1, -0.05) is 300 Å². The molecule has 4 N–H and O–H groups in total. The Morgan fingerprint density at radius 2 is 0.440 bits per heavy atom. The Kier molecular flexibility index (Phi) is 17.0. The second-order valence-corrected chi connectivity index (χ2v) is 41.7. The number of rotatable bonds is 6. The van der Waals surface area contributed by atoms with E-state index in [9.17, 15) is 0 Å². The lowest BCUT2D eigenvalue weighted by molar-refractivity contribution is 0.568. The van der Waals surface area contributed by atoms with Crippen molar-refractivity contribution in [1.82, 2.24) is 39.9 Å². The van der Waals surface area contributed by atoms with Crippen LogP contribution in [0.4, 0.5) is 0 Å². The van der Waals surface area contributed by atoms with Crippen molar-refractivity contribution >= 4 is 123 Å². The zero-order chi connectivity index (χ0) is 81.9. The van der Waals surface area contributed by atoms with Crippen molar-refractivity contribution in [3.05, 3.63) is 249 Å². The van der Waals surface area contributed by atoms with Crippen LogP contribution in [0.5, 0.6) is 0 Å². The van der Waals surface area contributed by atoms with Gasteiger partial charge in [-0.15, -0.1) is 0 Å². The second kappa shape index (κ2) is 26.0. The Morgan fingerprint density at radius 3 is 0.698 bits per heavy atom. The number of nitrogens with zero attached hydrogens (tertiary/aromatic N) is 4. The van der Waals surface area contributed by atoms with E-state index < -0.39 is 0 Å². The number of hydrogen-bond donors (Lipinski definition) is 4. The van der Waals surface area contributed by atoms with Crippen molar-refractivity contribution in [3.63, 3.8) is 0 Å². The average molecular weight is 1520 g/mol. The summed E-state index contributed by atoms with van der Waals surface area (Å²) >= 11 is 0. The van der Waals surface area contributed by atoms with Crippen LogP contribution in [0, 0.1) is 0 Å². The molecule has 16 bridgehead atoms. The van der Waals surface area contributed by atoms with Crippen LogP contribution in [0.25, 0.3) is 190 Å². The van der Waals surface area contributed by atoms with Gasteiger partial charge in [-0.05, 0) is 194 Å². The lowest BCUT2D eigenvalue weighted by Crippen LogP contribution is -2.16. The topological polar surface area (TPSA) is 115 Å². The number of nitrogens with one attached hydrogen (secondary N) is 4. The summed E-state index contributed by atoms with van der Waals surface area (Å²) in [5.41, 5.74) is 36.0. The summed E-state index contributed by atoms with van der Waals surface area (Å²) in [5.74, 6) is 0. The maximum atomic E-state index is 6.23. The SMILES string of the molecule is CC(C)(C)c1ccc(-c2c3nc(c(-c4cc(C(C)(C)C)cc(C(C)(C)C)c4)c4ccc([nH]4)c(-c4ccc(C(C)(C)C)cc4)c4cc5c6cc7nc6c6c8[nH]c(cc8c8cc2[nH]c8c6c5n4)c(-c2ccc(C(C)(C)C)cc2)c2nc(c(-c4cc(C(C)(C)C)cc(C(C)(C)C)c4)c4ccc([nH]4)c7-c4ccc(C(C)(C)C)cc4)C=C2)C=C3)cc1. The van der Waals surface area contributed by atoms with E-state index in [-0.39, 0.29) is 43.3 Å². The van der Waals surface area contributed by atoms with E-state index in [2.05, 4.69) is 392 Å². The minimum atomic E-state index is -0.154. The van der Waals surface area contributed by atoms with Crippen molar-refractivity contribution < 1.29 is 0 Å². The van der Waals surface area contributed by atoms with Gasteiger partial charge in [0.05, 0.1) is 55.9 Å². The number of benzene rings is 8. The van der Waals surface area contributed by atoms with Gasteiger partial charge in [0, 0.05) is 98.8 Å². The summed E-state index contributed by atoms with van der Waals surface area (Å²) in [4.78, 5) is 41.5. The van der Waals surface area contributed by atoms with Crippen LogP contribution < -0.4 is 0 Å². The summed E-state index contributed by atoms with van der Waals surface area (Å²) in [6.45, 7) is 55.4. The molecule has 0 saturated heterocycles. The number of H-pyrrole nitrogens is 4. The Balaban J connectivity index is 1.10. The second-order valence-electron chi connectivity index (χ2n) is 41.7. The quantitative estimate of drug-likeness (QED) is 0.133. The van der Waals surface area contributed by atoms with Crippen LogP contribution in [0.3, 0.4) is 0 Å². The average Bonchev–Trinajstić information content (AvgIpc) is 1.52. The van der Waals surface area contributed by atoms with E-state index in [4.69, 9.17) is 19.9 Å². The van der Waals surface area contributed by atoms with E-state index in [1.807, 2.05) is 0 Å². The van der Waals surface area contributed by atoms with Crippen LogP contribution in [0.15, 0.2) is 182 Å². The largest absolute Gasteiger partial charge is 0.354 e. The van der Waals surface area contributed by atoms with Crippen LogP contribution in [-0.2, 0) is 43.3 Å². The normalized spacial score (nSPS) is 13.6. The molecule has 0 atom stereocenters. The first kappa shape index (κ1) is 75.8. The lowest BCUT2D eigenvalue weighted by atomic mass is 9.78. The molecule has 0 saturated carbocycles. The molecule has 0 fully saturated rings. The molecule has 8 aromatic carbocycles. The van der Waals surface area contributed by atoms with Gasteiger partial charge < -0.3 is 19.9 Å². The molecule has 2 aliphatic heterocycles. The van der Waals surface area contributed by atoms with Crippen LogP contribution in [0.2, 0.25) is 0 Å². The molecule has 0 radical (unpaired) electrons. The van der Waals surface area contributed by atoms with E-state index >= 15 is 0 Å². The summed E-state index contributed by atoms with van der Waals surface area (Å²) in [6, 6.07) is 70.1. The first-order chi connectivity index (χ1) is 54.5. The maximum Gasteiger partial charge on any atom is 0.0818 e. The molecule has 18 rings (SSSR count). The van der Waals surface area contributed by atoms with Crippen molar-refractivity contribution in [3.8, 4) is 66.8 Å². The fraction of sp³-hybridized carbons (Fsp3) is 0.296. The molecule has 0 amide bonds. The Morgan fingerprint density at radius 1 is 0.198 bits per heavy atom. The van der Waals surface area contributed by atoms with Gasteiger partial charge in [0.25, 0.3) is 0 Å². The van der Waals surface area contributed by atoms with E-state index in [0.717, 1.165) is 188 Å². The van der Waals surface area contributed by atoms with Gasteiger partial charge in [0.2, 0.25) is 0 Å². The lowest BCUT2D eigenvalue weighted by Gasteiger charge is -2.26. The minimum absolute atomic E-state index is 0.0846. The third-order valence-electron chi connectivity index (χ3n) is 24.8. The molecule has 0 spiro atoms. The van der Waals surface area contributed by atoms with Crippen molar-refractivity contribution in [1.29, 1.82) is 0 Å². The third-order valence-corrected chi connectivity index (χ3v) is 24.8.